The van der Waals surface area contributed by atoms with Gasteiger partial charge in [0.25, 0.3) is 0 Å². The zero-order valence-electron chi connectivity index (χ0n) is 11.0. The maximum absolute atomic E-state index is 3.70. The summed E-state index contributed by atoms with van der Waals surface area (Å²) in [5.74, 6) is 0.906. The van der Waals surface area contributed by atoms with Crippen molar-refractivity contribution >= 4 is 0 Å². The monoisotopic (exact) mass is 231 g/mol. The minimum atomic E-state index is 0.486. The molecule has 0 aromatic heterocycles. The molecule has 1 atom stereocenters. The van der Waals surface area contributed by atoms with E-state index < -0.39 is 0 Å². The summed E-state index contributed by atoms with van der Waals surface area (Å²) in [5.41, 5.74) is 1.40. The van der Waals surface area contributed by atoms with Crippen LogP contribution in [0.2, 0.25) is 0 Å². The lowest BCUT2D eigenvalue weighted by Crippen LogP contribution is -2.25. The summed E-state index contributed by atoms with van der Waals surface area (Å²) in [6.07, 6.45) is 8.62. The molecule has 0 aliphatic heterocycles. The Kier molecular flexibility index (Phi) is 5.06. The van der Waals surface area contributed by atoms with E-state index in [1.807, 2.05) is 0 Å². The molecule has 2 rings (SSSR count). The molecule has 1 aromatic rings. The van der Waals surface area contributed by atoms with Crippen molar-refractivity contribution in [2.24, 2.45) is 5.92 Å². The van der Waals surface area contributed by atoms with Gasteiger partial charge in [0.1, 0.15) is 0 Å². The van der Waals surface area contributed by atoms with E-state index in [0.717, 1.165) is 5.92 Å². The van der Waals surface area contributed by atoms with Crippen LogP contribution in [0.1, 0.15) is 57.1 Å². The molecule has 1 heteroatoms. The molecule has 94 valence electrons. The van der Waals surface area contributed by atoms with Crippen LogP contribution in [0.4, 0.5) is 0 Å². The van der Waals surface area contributed by atoms with Crippen LogP contribution in [0.5, 0.6) is 0 Å². The van der Waals surface area contributed by atoms with Gasteiger partial charge in [-0.15, -0.1) is 0 Å². The average molecular weight is 231 g/mol. The van der Waals surface area contributed by atoms with Gasteiger partial charge in [-0.25, -0.2) is 0 Å². The number of hydrogen-bond acceptors (Lipinski definition) is 1. The molecule has 0 saturated heterocycles. The van der Waals surface area contributed by atoms with Crippen LogP contribution >= 0.6 is 0 Å². The number of nitrogens with one attached hydrogen (secondary N) is 1. The Morgan fingerprint density at radius 2 is 1.71 bits per heavy atom. The van der Waals surface area contributed by atoms with E-state index in [-0.39, 0.29) is 0 Å². The average Bonchev–Trinajstić information content (AvgIpc) is 2.65. The van der Waals surface area contributed by atoms with Gasteiger partial charge in [-0.1, -0.05) is 56.0 Å². The highest BCUT2D eigenvalue weighted by Crippen LogP contribution is 2.23. The third-order valence-corrected chi connectivity index (χ3v) is 3.99. The minimum Gasteiger partial charge on any atom is -0.310 e. The maximum Gasteiger partial charge on any atom is 0.0291 e. The second kappa shape index (κ2) is 6.80. The highest BCUT2D eigenvalue weighted by atomic mass is 14.9. The lowest BCUT2D eigenvalue weighted by Gasteiger charge is -2.19. The first-order valence-corrected chi connectivity index (χ1v) is 7.14. The lowest BCUT2D eigenvalue weighted by molar-refractivity contribution is 0.403. The topological polar surface area (TPSA) is 12.0 Å². The van der Waals surface area contributed by atoms with Gasteiger partial charge in [-0.3, -0.25) is 0 Å². The Balaban J connectivity index is 1.77. The zero-order chi connectivity index (χ0) is 11.9. The fraction of sp³-hybridized carbons (Fsp3) is 0.625. The molecule has 1 aromatic carbocycles. The molecule has 0 amide bonds. The van der Waals surface area contributed by atoms with E-state index in [1.165, 1.54) is 50.6 Å². The second-order valence-corrected chi connectivity index (χ2v) is 5.40. The lowest BCUT2D eigenvalue weighted by atomic mass is 9.99. The third-order valence-electron chi connectivity index (χ3n) is 3.99. The van der Waals surface area contributed by atoms with Crippen LogP contribution in [0.15, 0.2) is 30.3 Å². The highest BCUT2D eigenvalue weighted by Gasteiger charge is 2.13. The Hall–Kier alpha value is -0.820. The zero-order valence-corrected chi connectivity index (χ0v) is 11.0. The van der Waals surface area contributed by atoms with Gasteiger partial charge in [-0.05, 0) is 37.8 Å². The molecule has 1 fully saturated rings. The normalized spacial score (nSPS) is 19.8. The van der Waals surface area contributed by atoms with E-state index in [9.17, 15) is 0 Å². The third kappa shape index (κ3) is 4.16. The quantitative estimate of drug-likeness (QED) is 0.761. The van der Waals surface area contributed by atoms with Gasteiger partial charge in [0, 0.05) is 6.04 Å². The van der Waals surface area contributed by atoms with E-state index in [1.54, 1.807) is 0 Å². The SMILES string of the molecule is CC(NCC1CCCCCC1)c1ccccc1. The minimum absolute atomic E-state index is 0.486. The van der Waals surface area contributed by atoms with Crippen LogP contribution in [0.3, 0.4) is 0 Å². The van der Waals surface area contributed by atoms with E-state index in [2.05, 4.69) is 42.6 Å². The van der Waals surface area contributed by atoms with Crippen molar-refractivity contribution in [2.75, 3.05) is 6.54 Å². The smallest absolute Gasteiger partial charge is 0.0291 e. The summed E-state index contributed by atoms with van der Waals surface area (Å²) in [6.45, 7) is 3.46. The molecule has 1 N–H and O–H groups in total. The van der Waals surface area contributed by atoms with Crippen LogP contribution < -0.4 is 5.32 Å². The molecule has 17 heavy (non-hydrogen) atoms. The Bertz CT molecular complexity index is 299. The summed E-state index contributed by atoms with van der Waals surface area (Å²) in [4.78, 5) is 0. The van der Waals surface area contributed by atoms with Crippen LogP contribution in [-0.2, 0) is 0 Å². The first kappa shape index (κ1) is 12.6. The van der Waals surface area contributed by atoms with Gasteiger partial charge >= 0.3 is 0 Å². The molecule has 1 aliphatic rings. The fourth-order valence-corrected chi connectivity index (χ4v) is 2.77. The molecule has 1 unspecified atom stereocenters. The van der Waals surface area contributed by atoms with Gasteiger partial charge in [0.2, 0.25) is 0 Å². The fourth-order valence-electron chi connectivity index (χ4n) is 2.77. The van der Waals surface area contributed by atoms with E-state index >= 15 is 0 Å². The Morgan fingerprint density at radius 1 is 1.06 bits per heavy atom. The van der Waals surface area contributed by atoms with Crippen molar-refractivity contribution in [1.82, 2.24) is 5.32 Å². The summed E-state index contributed by atoms with van der Waals surface area (Å²) in [6, 6.07) is 11.2. The van der Waals surface area contributed by atoms with E-state index in [0.29, 0.717) is 6.04 Å². The van der Waals surface area contributed by atoms with Gasteiger partial charge in [0.15, 0.2) is 0 Å². The summed E-state index contributed by atoms with van der Waals surface area (Å²) in [7, 11) is 0. The summed E-state index contributed by atoms with van der Waals surface area (Å²) in [5, 5.41) is 3.70. The van der Waals surface area contributed by atoms with Crippen molar-refractivity contribution in [2.45, 2.75) is 51.5 Å². The van der Waals surface area contributed by atoms with Gasteiger partial charge in [0.05, 0.1) is 0 Å². The second-order valence-electron chi connectivity index (χ2n) is 5.40. The van der Waals surface area contributed by atoms with Crippen LogP contribution in [0.25, 0.3) is 0 Å². The number of hydrogen-bond donors (Lipinski definition) is 1. The molecule has 0 heterocycles. The summed E-state index contributed by atoms with van der Waals surface area (Å²) < 4.78 is 0. The van der Waals surface area contributed by atoms with Crippen molar-refractivity contribution in [3.05, 3.63) is 35.9 Å². The molecule has 0 spiro atoms. The predicted molar refractivity (Wildman–Crippen MR) is 74.1 cm³/mol. The number of benzene rings is 1. The van der Waals surface area contributed by atoms with Crippen LogP contribution in [-0.4, -0.2) is 6.54 Å². The van der Waals surface area contributed by atoms with Crippen molar-refractivity contribution in [3.8, 4) is 0 Å². The predicted octanol–water partition coefficient (Wildman–Crippen LogP) is 4.31. The first-order valence-electron chi connectivity index (χ1n) is 7.14. The molecule has 1 nitrogen and oxygen atoms in total. The molecular weight excluding hydrogens is 206 g/mol. The molecule has 1 aliphatic carbocycles. The van der Waals surface area contributed by atoms with Crippen molar-refractivity contribution in [1.29, 1.82) is 0 Å². The highest BCUT2D eigenvalue weighted by molar-refractivity contribution is 5.17. The molecule has 1 saturated carbocycles. The van der Waals surface area contributed by atoms with Crippen molar-refractivity contribution in [3.63, 3.8) is 0 Å². The number of rotatable bonds is 4. The largest absolute Gasteiger partial charge is 0.310 e. The maximum atomic E-state index is 3.70. The van der Waals surface area contributed by atoms with Crippen LogP contribution in [0, 0.1) is 5.92 Å². The van der Waals surface area contributed by atoms with Crippen molar-refractivity contribution < 1.29 is 0 Å². The molecule has 0 radical (unpaired) electrons. The first-order chi connectivity index (χ1) is 8.36. The van der Waals surface area contributed by atoms with E-state index in [4.69, 9.17) is 0 Å². The molecular formula is C16H25N. The Morgan fingerprint density at radius 3 is 2.35 bits per heavy atom. The van der Waals surface area contributed by atoms with Gasteiger partial charge in [-0.2, -0.15) is 0 Å². The molecule has 0 bridgehead atoms. The summed E-state index contributed by atoms with van der Waals surface area (Å²) >= 11 is 0. The standard InChI is InChI=1S/C16H25N/c1-14(16-11-7-4-8-12-16)17-13-15-9-5-2-3-6-10-15/h4,7-8,11-12,14-15,17H,2-3,5-6,9-10,13H2,1H3. The van der Waals surface area contributed by atoms with Gasteiger partial charge < -0.3 is 5.32 Å². The Labute approximate surface area is 106 Å².